The standard InChI is InChI=1S/C15H13BrFN/c16-10-12-9-13(17)5-6-15(12)18-8-7-11-3-1-2-4-14(11)18/h1-6,9H,7-8,10H2. The van der Waals surface area contributed by atoms with Crippen LogP contribution in [0.5, 0.6) is 0 Å². The number of halogens is 2. The molecule has 2 aromatic carbocycles. The number of benzene rings is 2. The van der Waals surface area contributed by atoms with Crippen molar-refractivity contribution in [2.24, 2.45) is 0 Å². The van der Waals surface area contributed by atoms with Crippen molar-refractivity contribution >= 4 is 27.3 Å². The number of nitrogens with zero attached hydrogens (tertiary/aromatic N) is 1. The van der Waals surface area contributed by atoms with Gasteiger partial charge in [-0.05, 0) is 41.8 Å². The number of anilines is 2. The van der Waals surface area contributed by atoms with Crippen LogP contribution in [0, 0.1) is 5.82 Å². The lowest BCUT2D eigenvalue weighted by molar-refractivity contribution is 0.626. The molecule has 0 aromatic heterocycles. The van der Waals surface area contributed by atoms with Crippen LogP contribution in [0.2, 0.25) is 0 Å². The summed E-state index contributed by atoms with van der Waals surface area (Å²) in [5, 5.41) is 0.665. The number of para-hydroxylation sites is 1. The molecule has 0 N–H and O–H groups in total. The summed E-state index contributed by atoms with van der Waals surface area (Å²) in [6.07, 6.45) is 1.05. The van der Waals surface area contributed by atoms with E-state index < -0.39 is 0 Å². The largest absolute Gasteiger partial charge is 0.341 e. The van der Waals surface area contributed by atoms with E-state index in [0.29, 0.717) is 5.33 Å². The number of rotatable bonds is 2. The van der Waals surface area contributed by atoms with E-state index in [2.05, 4.69) is 45.1 Å². The fraction of sp³-hybridized carbons (Fsp3) is 0.200. The molecule has 3 heteroatoms. The minimum atomic E-state index is -0.180. The third kappa shape index (κ3) is 1.93. The van der Waals surface area contributed by atoms with Crippen molar-refractivity contribution in [3.8, 4) is 0 Å². The van der Waals surface area contributed by atoms with Crippen molar-refractivity contribution in [2.45, 2.75) is 11.8 Å². The van der Waals surface area contributed by atoms with Gasteiger partial charge in [-0.1, -0.05) is 34.1 Å². The van der Waals surface area contributed by atoms with Gasteiger partial charge in [-0.15, -0.1) is 0 Å². The summed E-state index contributed by atoms with van der Waals surface area (Å²) in [4.78, 5) is 2.27. The Morgan fingerprint density at radius 1 is 1.11 bits per heavy atom. The quantitative estimate of drug-likeness (QED) is 0.743. The Morgan fingerprint density at radius 2 is 1.94 bits per heavy atom. The van der Waals surface area contributed by atoms with Crippen LogP contribution in [-0.4, -0.2) is 6.54 Å². The zero-order valence-corrected chi connectivity index (χ0v) is 11.5. The molecule has 2 aromatic rings. The van der Waals surface area contributed by atoms with Crippen molar-refractivity contribution < 1.29 is 4.39 Å². The van der Waals surface area contributed by atoms with E-state index in [1.54, 1.807) is 6.07 Å². The maximum absolute atomic E-state index is 13.3. The first-order valence-electron chi connectivity index (χ1n) is 5.99. The van der Waals surface area contributed by atoms with Crippen LogP contribution in [-0.2, 0) is 11.8 Å². The summed E-state index contributed by atoms with van der Waals surface area (Å²) in [6.45, 7) is 0.963. The Morgan fingerprint density at radius 3 is 2.78 bits per heavy atom. The lowest BCUT2D eigenvalue weighted by atomic mass is 10.1. The summed E-state index contributed by atoms with van der Waals surface area (Å²) in [5.74, 6) is -0.180. The van der Waals surface area contributed by atoms with Gasteiger partial charge < -0.3 is 4.90 Å². The van der Waals surface area contributed by atoms with Gasteiger partial charge in [0.25, 0.3) is 0 Å². The third-order valence-electron chi connectivity index (χ3n) is 3.36. The molecule has 0 saturated heterocycles. The van der Waals surface area contributed by atoms with Crippen LogP contribution < -0.4 is 4.90 Å². The second kappa shape index (κ2) is 4.73. The molecule has 92 valence electrons. The fourth-order valence-corrected chi connectivity index (χ4v) is 2.96. The maximum Gasteiger partial charge on any atom is 0.123 e. The van der Waals surface area contributed by atoms with E-state index in [9.17, 15) is 4.39 Å². The Bertz CT molecular complexity index is 582. The van der Waals surface area contributed by atoms with E-state index >= 15 is 0 Å². The highest BCUT2D eigenvalue weighted by Gasteiger charge is 2.21. The van der Waals surface area contributed by atoms with Crippen LogP contribution in [0.4, 0.5) is 15.8 Å². The normalized spacial score (nSPS) is 13.8. The van der Waals surface area contributed by atoms with Gasteiger partial charge in [0.2, 0.25) is 0 Å². The molecule has 0 saturated carbocycles. The predicted octanol–water partition coefficient (Wildman–Crippen LogP) is 4.41. The second-order valence-electron chi connectivity index (χ2n) is 4.44. The van der Waals surface area contributed by atoms with E-state index in [1.807, 2.05) is 6.07 Å². The molecule has 0 spiro atoms. The Kier molecular flexibility index (Phi) is 3.08. The number of fused-ring (bicyclic) bond motifs is 1. The monoisotopic (exact) mass is 305 g/mol. The molecule has 1 heterocycles. The average Bonchev–Trinajstić information content (AvgIpc) is 2.82. The summed E-state index contributed by atoms with van der Waals surface area (Å²) in [5.41, 5.74) is 4.69. The van der Waals surface area contributed by atoms with E-state index in [1.165, 1.54) is 17.3 Å². The predicted molar refractivity (Wildman–Crippen MR) is 76.2 cm³/mol. The highest BCUT2D eigenvalue weighted by molar-refractivity contribution is 9.08. The number of alkyl halides is 1. The van der Waals surface area contributed by atoms with Gasteiger partial charge in [0.15, 0.2) is 0 Å². The lowest BCUT2D eigenvalue weighted by Crippen LogP contribution is -2.15. The van der Waals surface area contributed by atoms with Crippen molar-refractivity contribution in [1.82, 2.24) is 0 Å². The van der Waals surface area contributed by atoms with E-state index in [-0.39, 0.29) is 5.82 Å². The smallest absolute Gasteiger partial charge is 0.123 e. The van der Waals surface area contributed by atoms with Crippen molar-refractivity contribution in [2.75, 3.05) is 11.4 Å². The molecule has 0 unspecified atom stereocenters. The molecule has 18 heavy (non-hydrogen) atoms. The summed E-state index contributed by atoms with van der Waals surface area (Å²) >= 11 is 3.44. The topological polar surface area (TPSA) is 3.24 Å². The van der Waals surface area contributed by atoms with Gasteiger partial charge >= 0.3 is 0 Å². The Labute approximate surface area is 114 Å². The van der Waals surface area contributed by atoms with Crippen molar-refractivity contribution in [3.63, 3.8) is 0 Å². The zero-order chi connectivity index (χ0) is 12.5. The average molecular weight is 306 g/mol. The molecule has 0 aliphatic carbocycles. The van der Waals surface area contributed by atoms with Crippen molar-refractivity contribution in [1.29, 1.82) is 0 Å². The molecule has 1 nitrogen and oxygen atoms in total. The fourth-order valence-electron chi connectivity index (χ4n) is 2.51. The highest BCUT2D eigenvalue weighted by Crippen LogP contribution is 2.36. The molecule has 0 atom stereocenters. The van der Waals surface area contributed by atoms with Gasteiger partial charge in [0, 0.05) is 23.2 Å². The Hall–Kier alpha value is -1.35. The molecular formula is C15H13BrFN. The van der Waals surface area contributed by atoms with Gasteiger partial charge in [0.05, 0.1) is 0 Å². The first kappa shape index (κ1) is 11.7. The molecule has 0 radical (unpaired) electrons. The Balaban J connectivity index is 2.07. The van der Waals surface area contributed by atoms with Crippen LogP contribution in [0.1, 0.15) is 11.1 Å². The summed E-state index contributed by atoms with van der Waals surface area (Å²) < 4.78 is 13.3. The van der Waals surface area contributed by atoms with Gasteiger partial charge in [0.1, 0.15) is 5.82 Å². The van der Waals surface area contributed by atoms with Gasteiger partial charge in [-0.3, -0.25) is 0 Å². The number of hydrogen-bond acceptors (Lipinski definition) is 1. The zero-order valence-electron chi connectivity index (χ0n) is 9.87. The molecule has 0 fully saturated rings. The molecule has 0 amide bonds. The molecule has 1 aliphatic heterocycles. The van der Waals surface area contributed by atoms with Crippen LogP contribution in [0.15, 0.2) is 42.5 Å². The maximum atomic E-state index is 13.3. The van der Waals surface area contributed by atoms with Crippen molar-refractivity contribution in [3.05, 3.63) is 59.4 Å². The third-order valence-corrected chi connectivity index (χ3v) is 3.97. The molecule has 1 aliphatic rings. The van der Waals surface area contributed by atoms with E-state index in [4.69, 9.17) is 0 Å². The SMILES string of the molecule is Fc1ccc(N2CCc3ccccc32)c(CBr)c1. The summed E-state index contributed by atoms with van der Waals surface area (Å²) in [7, 11) is 0. The second-order valence-corrected chi connectivity index (χ2v) is 5.00. The highest BCUT2D eigenvalue weighted by atomic mass is 79.9. The van der Waals surface area contributed by atoms with Crippen LogP contribution in [0.3, 0.4) is 0 Å². The van der Waals surface area contributed by atoms with Gasteiger partial charge in [-0.2, -0.15) is 0 Å². The first-order chi connectivity index (χ1) is 8.79. The minimum absolute atomic E-state index is 0.180. The lowest BCUT2D eigenvalue weighted by Gasteiger charge is -2.22. The molecule has 3 rings (SSSR count). The summed E-state index contributed by atoms with van der Waals surface area (Å²) in [6, 6.07) is 13.4. The minimum Gasteiger partial charge on any atom is -0.341 e. The molecular weight excluding hydrogens is 293 g/mol. The van der Waals surface area contributed by atoms with Gasteiger partial charge in [-0.25, -0.2) is 4.39 Å². The van der Waals surface area contributed by atoms with Crippen LogP contribution in [0.25, 0.3) is 0 Å². The molecule has 0 bridgehead atoms. The van der Waals surface area contributed by atoms with Crippen LogP contribution >= 0.6 is 15.9 Å². The van der Waals surface area contributed by atoms with E-state index in [0.717, 1.165) is 24.2 Å². The first-order valence-corrected chi connectivity index (χ1v) is 7.11. The number of hydrogen-bond donors (Lipinski definition) is 0.